The number of amides is 1. The number of aryl methyl sites for hydroxylation is 2. The fourth-order valence-electron chi connectivity index (χ4n) is 8.77. The molecular formula is C42H33ClF8N10O4S. The van der Waals surface area contributed by atoms with E-state index in [0.717, 1.165) is 23.0 Å². The monoisotopic (exact) mass is 960 g/mol. The van der Waals surface area contributed by atoms with Gasteiger partial charge >= 0.3 is 0 Å². The van der Waals surface area contributed by atoms with E-state index in [9.17, 15) is 39.6 Å². The number of aromatic nitrogens is 8. The number of nitrogens with zero attached hydrogens (tertiary/aromatic N) is 8. The predicted molar refractivity (Wildman–Crippen MR) is 223 cm³/mol. The van der Waals surface area contributed by atoms with Crippen molar-refractivity contribution in [3.05, 3.63) is 121 Å². The average Bonchev–Trinajstić information content (AvgIpc) is 3.73. The first-order valence-electron chi connectivity index (χ1n) is 19.9. The van der Waals surface area contributed by atoms with Crippen molar-refractivity contribution in [3.8, 4) is 16.9 Å². The summed E-state index contributed by atoms with van der Waals surface area (Å²) in [6.07, 6.45) is -6.22. The summed E-state index contributed by atoms with van der Waals surface area (Å²) in [5.74, 6) is -9.51. The van der Waals surface area contributed by atoms with Gasteiger partial charge in [0.2, 0.25) is 15.9 Å². The zero-order chi connectivity index (χ0) is 47.3. The molecule has 4 heterocycles. The number of sulfonamides is 1. The third-order valence-electron chi connectivity index (χ3n) is 11.3. The number of nitrogens with one attached hydrogen (secondary N) is 2. The molecule has 3 atom stereocenters. The quantitative estimate of drug-likeness (QED) is 0.109. The molecule has 9 rings (SSSR count). The molecule has 66 heavy (non-hydrogen) atoms. The summed E-state index contributed by atoms with van der Waals surface area (Å²) < 4.78 is 147. The molecule has 24 heteroatoms. The van der Waals surface area contributed by atoms with E-state index in [1.807, 2.05) is 0 Å². The van der Waals surface area contributed by atoms with E-state index in [0.29, 0.717) is 38.2 Å². The summed E-state index contributed by atoms with van der Waals surface area (Å²) >= 11 is 6.59. The third-order valence-corrected chi connectivity index (χ3v) is 12.2. The van der Waals surface area contributed by atoms with Crippen molar-refractivity contribution in [3.63, 3.8) is 0 Å². The minimum Gasteiger partial charge on any atom is -0.344 e. The Kier molecular flexibility index (Phi) is 10.9. The molecule has 3 aromatic carbocycles. The fourth-order valence-corrected chi connectivity index (χ4v) is 9.51. The molecule has 1 fully saturated rings. The minimum absolute atomic E-state index is 0.0431. The normalized spacial score (nSPS) is 16.9. The molecule has 2 aliphatic rings. The zero-order valence-corrected chi connectivity index (χ0v) is 36.0. The van der Waals surface area contributed by atoms with Crippen LogP contribution < -0.4 is 15.6 Å². The molecule has 0 saturated heterocycles. The Morgan fingerprint density at radius 1 is 0.955 bits per heavy atom. The van der Waals surface area contributed by atoms with Crippen LogP contribution in [0.2, 0.25) is 5.02 Å². The third kappa shape index (κ3) is 8.11. The van der Waals surface area contributed by atoms with Crippen LogP contribution in [-0.2, 0) is 40.3 Å². The van der Waals surface area contributed by atoms with E-state index in [4.69, 9.17) is 16.6 Å². The van der Waals surface area contributed by atoms with Gasteiger partial charge in [-0.2, -0.15) is 19.0 Å². The first kappa shape index (κ1) is 44.7. The fraction of sp³-hybridized carbons (Fsp3) is 0.310. The highest BCUT2D eigenvalue weighted by Crippen LogP contribution is 2.68. The highest BCUT2D eigenvalue weighted by atomic mass is 35.5. The van der Waals surface area contributed by atoms with Gasteiger partial charge in [0.15, 0.2) is 5.82 Å². The molecule has 1 amide bonds. The van der Waals surface area contributed by atoms with Crippen molar-refractivity contribution in [1.29, 1.82) is 0 Å². The standard InChI is InChI=1S/C42H33ClF8N10O4S/c1-17-8-27(53-18(2)52-17)20-4-5-23-28(12-20)55-40(61(41(23)63)30-7-6-26(43)34-36(30)59(15-31(46)47)57-39(34)58-66(3,64)65)29(11-19-9-21(44)13-22(45)10-19)54-32(62)16-60-37-33(35(56-60)38(48)49)24-14-25(24)42(37,50)51/h4-10,12-13,24-25,29,31,38H,11,14-16H2,1-3H3,(H,54,62)(H,57,58)/t24-,25+,29-/m0/s1. The van der Waals surface area contributed by atoms with Crippen LogP contribution in [0, 0.1) is 31.4 Å². The molecule has 2 aliphatic carbocycles. The lowest BCUT2D eigenvalue weighted by Crippen LogP contribution is -2.38. The number of benzene rings is 3. The Balaban J connectivity index is 1.29. The summed E-state index contributed by atoms with van der Waals surface area (Å²) in [5.41, 5.74) is -2.35. The Bertz CT molecular complexity index is 3300. The van der Waals surface area contributed by atoms with Gasteiger partial charge in [0.1, 0.15) is 47.8 Å². The zero-order valence-electron chi connectivity index (χ0n) is 34.4. The molecule has 344 valence electrons. The molecular weight excluding hydrogens is 928 g/mol. The summed E-state index contributed by atoms with van der Waals surface area (Å²) in [6, 6.07) is 9.22. The van der Waals surface area contributed by atoms with Gasteiger partial charge in [0.05, 0.1) is 50.5 Å². The van der Waals surface area contributed by atoms with E-state index in [1.54, 1.807) is 26.0 Å². The maximum Gasteiger partial charge on any atom is 0.293 e. The van der Waals surface area contributed by atoms with Crippen LogP contribution in [0.15, 0.2) is 59.4 Å². The van der Waals surface area contributed by atoms with Crippen LogP contribution in [0.5, 0.6) is 0 Å². The number of carbonyl (C=O) groups excluding carboxylic acids is 1. The molecule has 0 unspecified atom stereocenters. The van der Waals surface area contributed by atoms with Crippen molar-refractivity contribution in [2.75, 3.05) is 11.0 Å². The molecule has 4 aromatic heterocycles. The van der Waals surface area contributed by atoms with E-state index >= 15 is 13.6 Å². The summed E-state index contributed by atoms with van der Waals surface area (Å²) in [6.45, 7) is 1.16. The maximum atomic E-state index is 15.6. The Labute approximate surface area is 372 Å². The smallest absolute Gasteiger partial charge is 0.293 e. The predicted octanol–water partition coefficient (Wildman–Crippen LogP) is 7.82. The summed E-state index contributed by atoms with van der Waals surface area (Å²) in [4.78, 5) is 42.9. The minimum atomic E-state index is -4.13. The maximum absolute atomic E-state index is 15.6. The van der Waals surface area contributed by atoms with Gasteiger partial charge in [-0.25, -0.2) is 49.7 Å². The van der Waals surface area contributed by atoms with E-state index < -0.39 is 112 Å². The molecule has 14 nitrogen and oxygen atoms in total. The second-order valence-corrected chi connectivity index (χ2v) is 18.3. The molecule has 0 spiro atoms. The van der Waals surface area contributed by atoms with E-state index in [-0.39, 0.29) is 50.1 Å². The highest BCUT2D eigenvalue weighted by molar-refractivity contribution is 7.92. The number of hydrogen-bond acceptors (Lipinski definition) is 9. The van der Waals surface area contributed by atoms with Gasteiger partial charge in [-0.15, -0.1) is 0 Å². The van der Waals surface area contributed by atoms with E-state index in [1.165, 1.54) is 24.3 Å². The van der Waals surface area contributed by atoms with Crippen LogP contribution in [0.1, 0.15) is 64.7 Å². The van der Waals surface area contributed by atoms with Gasteiger partial charge in [-0.1, -0.05) is 17.7 Å². The van der Waals surface area contributed by atoms with Crippen LogP contribution >= 0.6 is 11.6 Å². The topological polar surface area (TPSA) is 172 Å². The number of fused-ring (bicyclic) bond motifs is 5. The largest absolute Gasteiger partial charge is 0.344 e. The summed E-state index contributed by atoms with van der Waals surface area (Å²) in [7, 11) is -4.13. The van der Waals surface area contributed by atoms with Crippen molar-refractivity contribution in [2.45, 2.75) is 70.5 Å². The van der Waals surface area contributed by atoms with Crippen molar-refractivity contribution in [1.82, 2.24) is 44.4 Å². The number of anilines is 1. The first-order chi connectivity index (χ1) is 31.1. The lowest BCUT2D eigenvalue weighted by molar-refractivity contribution is -0.123. The van der Waals surface area contributed by atoms with Crippen LogP contribution in [0.3, 0.4) is 0 Å². The van der Waals surface area contributed by atoms with Crippen molar-refractivity contribution < 1.29 is 48.3 Å². The molecule has 2 N–H and O–H groups in total. The molecule has 1 saturated carbocycles. The molecule has 7 aromatic rings. The lowest BCUT2D eigenvalue weighted by Gasteiger charge is -2.24. The van der Waals surface area contributed by atoms with Gasteiger partial charge in [0.25, 0.3) is 24.3 Å². The van der Waals surface area contributed by atoms with Crippen molar-refractivity contribution in [2.24, 2.45) is 5.92 Å². The van der Waals surface area contributed by atoms with Gasteiger partial charge in [-0.05, 0) is 74.2 Å². The SMILES string of the molecule is Cc1cc(-c2ccc3c(=O)n(-c4ccc(Cl)c5c(NS(C)(=O)=O)nn(CC(F)F)c45)c([C@H](Cc4cc(F)cc(F)c4)NC(=O)Cn4nc(C(F)F)c5c4C(F)(F)[C@@H]4C[C@H]54)nc3c2)nc(C)n1. The van der Waals surface area contributed by atoms with Gasteiger partial charge in [0, 0.05) is 35.2 Å². The average molecular weight is 961 g/mol. The number of hydrogen-bond donors (Lipinski definition) is 2. The number of carbonyl (C=O) groups is 1. The van der Waals surface area contributed by atoms with Gasteiger partial charge < -0.3 is 5.32 Å². The highest BCUT2D eigenvalue weighted by Gasteiger charge is 2.67. The Morgan fingerprint density at radius 2 is 1.68 bits per heavy atom. The Hall–Kier alpha value is -6.49. The van der Waals surface area contributed by atoms with Crippen molar-refractivity contribution >= 4 is 55.2 Å². The second-order valence-electron chi connectivity index (χ2n) is 16.1. The summed E-state index contributed by atoms with van der Waals surface area (Å²) in [5, 5.41) is 9.82. The number of halogens is 9. The van der Waals surface area contributed by atoms with E-state index in [2.05, 4.69) is 30.2 Å². The second kappa shape index (κ2) is 16.1. The number of rotatable bonds is 13. The van der Waals surface area contributed by atoms with Crippen LogP contribution in [0.4, 0.5) is 40.9 Å². The van der Waals surface area contributed by atoms with Crippen LogP contribution in [-0.4, -0.2) is 66.1 Å². The first-order valence-corrected chi connectivity index (χ1v) is 22.2. The number of alkyl halides is 6. The lowest BCUT2D eigenvalue weighted by atomic mass is 10.0. The molecule has 0 aliphatic heterocycles. The Morgan fingerprint density at radius 3 is 2.35 bits per heavy atom. The van der Waals surface area contributed by atoms with Crippen LogP contribution in [0.25, 0.3) is 38.8 Å². The molecule has 0 radical (unpaired) electrons. The van der Waals surface area contributed by atoms with Gasteiger partial charge in [-0.3, -0.25) is 28.2 Å². The molecule has 0 bridgehead atoms.